The number of esters is 1. The molecule has 13 heteroatoms. The minimum atomic E-state index is -4.70. The van der Waals surface area contributed by atoms with Crippen LogP contribution in [0.2, 0.25) is 0 Å². The van der Waals surface area contributed by atoms with E-state index in [1.165, 1.54) is 67.5 Å². The van der Waals surface area contributed by atoms with Gasteiger partial charge in [-0.15, -0.1) is 0 Å². The molecule has 0 radical (unpaired) electrons. The highest BCUT2D eigenvalue weighted by molar-refractivity contribution is 7.89. The van der Waals surface area contributed by atoms with Crippen molar-refractivity contribution in [2.24, 2.45) is 0 Å². The first-order chi connectivity index (χ1) is 18.6. The molecule has 3 rings (SSSR count). The number of nitrogens with one attached hydrogen (secondary N) is 1. The first kappa shape index (κ1) is 31.0. The van der Waals surface area contributed by atoms with Crippen molar-refractivity contribution in [3.8, 4) is 5.75 Å². The van der Waals surface area contributed by atoms with Crippen molar-refractivity contribution in [2.75, 3.05) is 20.6 Å². The molecule has 1 fully saturated rings. The molecule has 0 saturated carbocycles. The van der Waals surface area contributed by atoms with Gasteiger partial charge in [-0.1, -0.05) is 29.8 Å². The van der Waals surface area contributed by atoms with Gasteiger partial charge < -0.3 is 14.4 Å². The highest BCUT2D eigenvalue weighted by Crippen LogP contribution is 2.30. The summed E-state index contributed by atoms with van der Waals surface area (Å²) in [6.07, 6.45) is -2.53. The van der Waals surface area contributed by atoms with Crippen molar-refractivity contribution >= 4 is 28.0 Å². The average molecular weight is 582 g/mol. The number of amides is 2. The first-order valence-electron chi connectivity index (χ1n) is 12.6. The minimum absolute atomic E-state index is 0.196. The summed E-state index contributed by atoms with van der Waals surface area (Å²) < 4.78 is 66.7. The van der Waals surface area contributed by atoms with E-state index in [0.29, 0.717) is 9.87 Å². The van der Waals surface area contributed by atoms with Gasteiger partial charge >= 0.3 is 12.1 Å². The SMILES string of the molecule is Cc1ccc(S(=O)(=O)N(C(=O)[C@@H]2CC(F)(F)CN2)[C@@H](Cc2ccc(OC(=O)N(C)C)cc2)C(=O)OC(C)C)cc1. The first-order valence-corrected chi connectivity index (χ1v) is 14.0. The summed E-state index contributed by atoms with van der Waals surface area (Å²) in [5, 5.41) is 2.38. The number of carbonyl (C=O) groups excluding carboxylic acids is 3. The molecule has 0 unspecified atom stereocenters. The standard InChI is InChI=1S/C27H33F2N3O7S/c1-17(2)38-25(34)23(14-19-8-10-20(11-9-19)39-26(35)31(4)5)32(24(33)22-15-27(28,29)16-30-22)40(36,37)21-12-6-18(3)7-13-21/h6-13,17,22-23,30H,14-16H2,1-5H3/t22-,23-/m0/s1. The fraction of sp³-hybridized carbons (Fsp3) is 0.444. The topological polar surface area (TPSA) is 122 Å². The van der Waals surface area contributed by atoms with E-state index < -0.39 is 65.1 Å². The molecule has 0 bridgehead atoms. The average Bonchev–Trinajstić information content (AvgIpc) is 3.23. The Balaban J connectivity index is 2.06. The third-order valence-corrected chi connectivity index (χ3v) is 7.85. The monoisotopic (exact) mass is 581 g/mol. The lowest BCUT2D eigenvalue weighted by molar-refractivity contribution is -0.155. The number of aryl methyl sites for hydroxylation is 1. The molecule has 1 heterocycles. The van der Waals surface area contributed by atoms with Crippen LogP contribution in [0, 0.1) is 6.92 Å². The molecule has 40 heavy (non-hydrogen) atoms. The predicted octanol–water partition coefficient (Wildman–Crippen LogP) is 3.13. The number of hydrogen-bond acceptors (Lipinski definition) is 8. The lowest BCUT2D eigenvalue weighted by atomic mass is 10.0. The Morgan fingerprint density at radius 3 is 2.15 bits per heavy atom. The lowest BCUT2D eigenvalue weighted by Crippen LogP contribution is -2.55. The molecule has 218 valence electrons. The maximum atomic E-state index is 14.0. The maximum absolute atomic E-state index is 14.0. The predicted molar refractivity (Wildman–Crippen MR) is 141 cm³/mol. The summed E-state index contributed by atoms with van der Waals surface area (Å²) in [6, 6.07) is 8.22. The Labute approximate surface area is 232 Å². The molecule has 2 aromatic rings. The summed E-state index contributed by atoms with van der Waals surface area (Å²) in [7, 11) is -1.68. The van der Waals surface area contributed by atoms with Gasteiger partial charge in [-0.2, -0.15) is 0 Å². The lowest BCUT2D eigenvalue weighted by Gasteiger charge is -2.32. The van der Waals surface area contributed by atoms with Crippen LogP contribution in [0.1, 0.15) is 31.4 Å². The highest BCUT2D eigenvalue weighted by Gasteiger charge is 2.49. The van der Waals surface area contributed by atoms with Crippen LogP contribution in [-0.2, 0) is 30.8 Å². The number of halogens is 2. The Hall–Kier alpha value is -3.58. The van der Waals surface area contributed by atoms with E-state index in [-0.39, 0.29) is 17.1 Å². The van der Waals surface area contributed by atoms with Gasteiger partial charge in [0.15, 0.2) is 0 Å². The van der Waals surface area contributed by atoms with Crippen LogP contribution in [0.15, 0.2) is 53.4 Å². The van der Waals surface area contributed by atoms with Gasteiger partial charge in [-0.3, -0.25) is 10.1 Å². The van der Waals surface area contributed by atoms with Crippen LogP contribution in [0.3, 0.4) is 0 Å². The largest absolute Gasteiger partial charge is 0.461 e. The second kappa shape index (κ2) is 12.3. The Kier molecular flexibility index (Phi) is 9.52. The smallest absolute Gasteiger partial charge is 0.414 e. The van der Waals surface area contributed by atoms with Gasteiger partial charge in [0, 0.05) is 26.9 Å². The molecule has 10 nitrogen and oxygen atoms in total. The highest BCUT2D eigenvalue weighted by atomic mass is 32.2. The van der Waals surface area contributed by atoms with E-state index in [1.807, 2.05) is 0 Å². The molecule has 1 saturated heterocycles. The number of nitrogens with zero attached hydrogens (tertiary/aromatic N) is 2. The maximum Gasteiger partial charge on any atom is 0.414 e. The van der Waals surface area contributed by atoms with Crippen LogP contribution < -0.4 is 10.1 Å². The van der Waals surface area contributed by atoms with E-state index in [4.69, 9.17) is 9.47 Å². The second-order valence-electron chi connectivity index (χ2n) is 10.1. The van der Waals surface area contributed by atoms with E-state index in [0.717, 1.165) is 5.56 Å². The summed E-state index contributed by atoms with van der Waals surface area (Å²) in [4.78, 5) is 39.8. The third kappa shape index (κ3) is 7.54. The summed E-state index contributed by atoms with van der Waals surface area (Å²) >= 11 is 0. The summed E-state index contributed by atoms with van der Waals surface area (Å²) in [5.41, 5.74) is 1.15. The summed E-state index contributed by atoms with van der Waals surface area (Å²) in [5.74, 6) is -5.25. The molecule has 2 aromatic carbocycles. The number of carbonyl (C=O) groups is 3. The van der Waals surface area contributed by atoms with Gasteiger partial charge in [0.2, 0.25) is 0 Å². The van der Waals surface area contributed by atoms with Crippen molar-refractivity contribution in [1.29, 1.82) is 0 Å². The van der Waals surface area contributed by atoms with Crippen molar-refractivity contribution in [2.45, 2.75) is 62.6 Å². The zero-order chi connectivity index (χ0) is 29.8. The van der Waals surface area contributed by atoms with E-state index in [1.54, 1.807) is 20.8 Å². The Bertz CT molecular complexity index is 1330. The minimum Gasteiger partial charge on any atom is -0.461 e. The molecular weight excluding hydrogens is 548 g/mol. The molecule has 1 N–H and O–H groups in total. The quantitative estimate of drug-likeness (QED) is 0.449. The van der Waals surface area contributed by atoms with Crippen molar-refractivity contribution < 1.29 is 41.1 Å². The Morgan fingerprint density at radius 1 is 1.05 bits per heavy atom. The molecule has 1 aliphatic heterocycles. The normalized spacial score (nSPS) is 17.2. The number of sulfonamides is 1. The number of ether oxygens (including phenoxy) is 2. The van der Waals surface area contributed by atoms with Crippen molar-refractivity contribution in [1.82, 2.24) is 14.5 Å². The van der Waals surface area contributed by atoms with Crippen LogP contribution >= 0.6 is 0 Å². The van der Waals surface area contributed by atoms with Crippen LogP contribution in [-0.4, -0.2) is 80.3 Å². The zero-order valence-corrected chi connectivity index (χ0v) is 23.7. The van der Waals surface area contributed by atoms with Crippen molar-refractivity contribution in [3.05, 3.63) is 59.7 Å². The molecule has 2 atom stereocenters. The molecular formula is C27H33F2N3O7S. The molecule has 0 spiro atoms. The van der Waals surface area contributed by atoms with E-state index in [2.05, 4.69) is 5.32 Å². The van der Waals surface area contributed by atoms with Crippen LogP contribution in [0.5, 0.6) is 5.75 Å². The van der Waals surface area contributed by atoms with Gasteiger partial charge in [0.25, 0.3) is 21.9 Å². The fourth-order valence-corrected chi connectivity index (χ4v) is 5.56. The third-order valence-electron chi connectivity index (χ3n) is 6.03. The molecule has 1 aliphatic rings. The van der Waals surface area contributed by atoms with Crippen LogP contribution in [0.4, 0.5) is 13.6 Å². The van der Waals surface area contributed by atoms with E-state index in [9.17, 15) is 31.6 Å². The number of hydrogen-bond donors (Lipinski definition) is 1. The number of benzene rings is 2. The van der Waals surface area contributed by atoms with Gasteiger partial charge in [-0.05, 0) is 50.6 Å². The fourth-order valence-electron chi connectivity index (χ4n) is 3.99. The zero-order valence-electron chi connectivity index (χ0n) is 22.9. The number of alkyl halides is 2. The van der Waals surface area contributed by atoms with Crippen molar-refractivity contribution in [3.63, 3.8) is 0 Å². The van der Waals surface area contributed by atoms with Gasteiger partial charge in [0.1, 0.15) is 11.8 Å². The molecule has 0 aromatic heterocycles. The number of rotatable bonds is 9. The van der Waals surface area contributed by atoms with E-state index >= 15 is 0 Å². The summed E-state index contributed by atoms with van der Waals surface area (Å²) in [6.45, 7) is 4.05. The Morgan fingerprint density at radius 2 is 1.65 bits per heavy atom. The van der Waals surface area contributed by atoms with Gasteiger partial charge in [0.05, 0.1) is 23.6 Å². The molecule has 0 aliphatic carbocycles. The second-order valence-corrected chi connectivity index (χ2v) is 11.9. The molecule has 2 amide bonds. The van der Waals surface area contributed by atoms with Crippen LogP contribution in [0.25, 0.3) is 0 Å². The van der Waals surface area contributed by atoms with Gasteiger partial charge in [-0.25, -0.2) is 31.1 Å².